The summed E-state index contributed by atoms with van der Waals surface area (Å²) >= 11 is 0. The first-order valence-electron chi connectivity index (χ1n) is 7.27. The predicted molar refractivity (Wildman–Crippen MR) is 84.9 cm³/mol. The Balaban J connectivity index is 1.99. The van der Waals surface area contributed by atoms with Gasteiger partial charge in [0.15, 0.2) is 0 Å². The summed E-state index contributed by atoms with van der Waals surface area (Å²) in [5.74, 6) is 0.532. The van der Waals surface area contributed by atoms with E-state index in [2.05, 4.69) is 20.8 Å². The Morgan fingerprint density at radius 2 is 2.17 bits per heavy atom. The molecule has 2 aromatic rings. The first-order valence-corrected chi connectivity index (χ1v) is 7.27. The van der Waals surface area contributed by atoms with Crippen LogP contribution in [0.15, 0.2) is 28.8 Å². The van der Waals surface area contributed by atoms with Crippen LogP contribution < -0.4 is 21.1 Å². The van der Waals surface area contributed by atoms with Crippen LogP contribution in [0.1, 0.15) is 18.9 Å². The minimum atomic E-state index is -0.501. The lowest BCUT2D eigenvalue weighted by Gasteiger charge is -2.09. The molecule has 0 radical (unpaired) electrons. The molecule has 0 aliphatic rings. The van der Waals surface area contributed by atoms with E-state index < -0.39 is 11.9 Å². The van der Waals surface area contributed by atoms with E-state index in [0.717, 1.165) is 5.56 Å². The number of amides is 2. The SMILES string of the molecule is COc1cccc(-c2noc(C(C)NC(=O)CNC(=O)CN)n2)c1. The second kappa shape index (κ2) is 8.06. The Hall–Kier alpha value is -2.94. The van der Waals surface area contributed by atoms with Gasteiger partial charge in [0.25, 0.3) is 0 Å². The summed E-state index contributed by atoms with van der Waals surface area (Å²) in [6.45, 7) is 1.36. The lowest BCUT2D eigenvalue weighted by Crippen LogP contribution is -2.40. The lowest BCUT2D eigenvalue weighted by atomic mass is 10.2. The molecule has 1 unspecified atom stereocenters. The molecule has 1 heterocycles. The van der Waals surface area contributed by atoms with Gasteiger partial charge in [-0.05, 0) is 19.1 Å². The number of hydrogen-bond acceptors (Lipinski definition) is 7. The number of nitrogens with zero attached hydrogens (tertiary/aromatic N) is 2. The van der Waals surface area contributed by atoms with Crippen LogP contribution in [0.25, 0.3) is 11.4 Å². The van der Waals surface area contributed by atoms with Gasteiger partial charge in [-0.3, -0.25) is 9.59 Å². The molecular weight excluding hydrogens is 314 g/mol. The lowest BCUT2D eigenvalue weighted by molar-refractivity contribution is -0.125. The molecule has 1 aromatic heterocycles. The van der Waals surface area contributed by atoms with Crippen LogP contribution in [0.4, 0.5) is 0 Å². The Labute approximate surface area is 138 Å². The smallest absolute Gasteiger partial charge is 0.249 e. The fourth-order valence-electron chi connectivity index (χ4n) is 1.90. The molecule has 0 aliphatic carbocycles. The number of benzene rings is 1. The topological polar surface area (TPSA) is 132 Å². The number of nitrogens with two attached hydrogens (primary N) is 1. The fraction of sp³-hybridized carbons (Fsp3) is 0.333. The Morgan fingerprint density at radius 3 is 2.88 bits per heavy atom. The predicted octanol–water partition coefficient (Wildman–Crippen LogP) is -0.00270. The highest BCUT2D eigenvalue weighted by Crippen LogP contribution is 2.22. The van der Waals surface area contributed by atoms with Gasteiger partial charge in [0, 0.05) is 5.56 Å². The van der Waals surface area contributed by atoms with Crippen molar-refractivity contribution in [1.82, 2.24) is 20.8 Å². The minimum Gasteiger partial charge on any atom is -0.497 e. The van der Waals surface area contributed by atoms with Crippen molar-refractivity contribution in [3.05, 3.63) is 30.2 Å². The molecule has 0 saturated heterocycles. The molecule has 0 spiro atoms. The number of nitrogens with one attached hydrogen (secondary N) is 2. The van der Waals surface area contributed by atoms with Crippen molar-refractivity contribution < 1.29 is 18.8 Å². The molecule has 0 bridgehead atoms. The first kappa shape index (κ1) is 17.4. The van der Waals surface area contributed by atoms with Gasteiger partial charge in [-0.25, -0.2) is 0 Å². The third kappa shape index (κ3) is 4.53. The molecule has 1 aromatic carbocycles. The largest absolute Gasteiger partial charge is 0.497 e. The summed E-state index contributed by atoms with van der Waals surface area (Å²) in [4.78, 5) is 27.0. The third-order valence-electron chi connectivity index (χ3n) is 3.15. The number of rotatable bonds is 7. The van der Waals surface area contributed by atoms with Crippen molar-refractivity contribution in [2.24, 2.45) is 5.73 Å². The zero-order valence-corrected chi connectivity index (χ0v) is 13.4. The summed E-state index contributed by atoms with van der Waals surface area (Å²) in [5, 5.41) is 8.92. The van der Waals surface area contributed by atoms with Gasteiger partial charge in [-0.15, -0.1) is 0 Å². The monoisotopic (exact) mass is 333 g/mol. The molecule has 2 amide bonds. The summed E-state index contributed by atoms with van der Waals surface area (Å²) in [6.07, 6.45) is 0. The van der Waals surface area contributed by atoms with Crippen molar-refractivity contribution in [2.45, 2.75) is 13.0 Å². The molecule has 0 saturated carbocycles. The fourth-order valence-corrected chi connectivity index (χ4v) is 1.90. The molecule has 24 heavy (non-hydrogen) atoms. The number of aromatic nitrogens is 2. The summed E-state index contributed by atoms with van der Waals surface area (Å²) in [7, 11) is 1.57. The molecule has 4 N–H and O–H groups in total. The number of hydrogen-bond donors (Lipinski definition) is 3. The van der Waals surface area contributed by atoms with Gasteiger partial charge < -0.3 is 25.6 Å². The second-order valence-electron chi connectivity index (χ2n) is 4.96. The molecule has 9 heteroatoms. The molecule has 9 nitrogen and oxygen atoms in total. The zero-order valence-electron chi connectivity index (χ0n) is 13.4. The average Bonchev–Trinajstić information content (AvgIpc) is 3.10. The van der Waals surface area contributed by atoms with Crippen molar-refractivity contribution >= 4 is 11.8 Å². The van der Waals surface area contributed by atoms with Crippen LogP contribution in [0.2, 0.25) is 0 Å². The maximum Gasteiger partial charge on any atom is 0.249 e. The van der Waals surface area contributed by atoms with Crippen molar-refractivity contribution in [3.63, 3.8) is 0 Å². The van der Waals surface area contributed by atoms with Gasteiger partial charge in [-0.1, -0.05) is 17.3 Å². The Morgan fingerprint density at radius 1 is 1.38 bits per heavy atom. The zero-order chi connectivity index (χ0) is 17.5. The summed E-state index contributed by atoms with van der Waals surface area (Å²) in [6, 6.07) is 6.72. The number of ether oxygens (including phenoxy) is 1. The molecule has 2 rings (SSSR count). The Bertz CT molecular complexity index is 715. The van der Waals surface area contributed by atoms with Gasteiger partial charge in [0.2, 0.25) is 23.5 Å². The maximum absolute atomic E-state index is 11.7. The van der Waals surface area contributed by atoms with Gasteiger partial charge >= 0.3 is 0 Å². The van der Waals surface area contributed by atoms with E-state index in [9.17, 15) is 9.59 Å². The maximum atomic E-state index is 11.7. The van der Waals surface area contributed by atoms with E-state index in [1.807, 2.05) is 18.2 Å². The molecular formula is C15H19N5O4. The van der Waals surface area contributed by atoms with E-state index in [1.54, 1.807) is 20.1 Å². The highest BCUT2D eigenvalue weighted by molar-refractivity contribution is 5.85. The quantitative estimate of drug-likeness (QED) is 0.649. The van der Waals surface area contributed by atoms with E-state index in [-0.39, 0.29) is 24.9 Å². The number of carbonyl (C=O) groups is 2. The summed E-state index contributed by atoms with van der Waals surface area (Å²) < 4.78 is 10.3. The highest BCUT2D eigenvalue weighted by Gasteiger charge is 2.17. The van der Waals surface area contributed by atoms with Gasteiger partial charge in [-0.2, -0.15) is 4.98 Å². The van der Waals surface area contributed by atoms with Gasteiger partial charge in [0.05, 0.1) is 20.2 Å². The first-order chi connectivity index (χ1) is 11.5. The average molecular weight is 333 g/mol. The Kier molecular flexibility index (Phi) is 5.85. The number of methoxy groups -OCH3 is 1. The van der Waals surface area contributed by atoms with Crippen LogP contribution in [0, 0.1) is 0 Å². The van der Waals surface area contributed by atoms with Gasteiger partial charge in [0.1, 0.15) is 11.8 Å². The molecule has 1 atom stereocenters. The van der Waals surface area contributed by atoms with E-state index in [4.69, 9.17) is 15.0 Å². The molecule has 128 valence electrons. The van der Waals surface area contributed by atoms with Crippen molar-refractivity contribution in [3.8, 4) is 17.1 Å². The minimum absolute atomic E-state index is 0.169. The van der Waals surface area contributed by atoms with Crippen LogP contribution in [0.5, 0.6) is 5.75 Å². The van der Waals surface area contributed by atoms with E-state index in [0.29, 0.717) is 11.6 Å². The normalized spacial score (nSPS) is 11.6. The highest BCUT2D eigenvalue weighted by atomic mass is 16.5. The molecule has 0 aliphatic heterocycles. The summed E-state index contributed by atoms with van der Waals surface area (Å²) in [5.41, 5.74) is 5.88. The van der Waals surface area contributed by atoms with E-state index in [1.165, 1.54) is 0 Å². The third-order valence-corrected chi connectivity index (χ3v) is 3.15. The van der Waals surface area contributed by atoms with Crippen LogP contribution >= 0.6 is 0 Å². The van der Waals surface area contributed by atoms with Crippen molar-refractivity contribution in [2.75, 3.05) is 20.2 Å². The van der Waals surface area contributed by atoms with Crippen LogP contribution in [-0.2, 0) is 9.59 Å². The second-order valence-corrected chi connectivity index (χ2v) is 4.96. The molecule has 0 fully saturated rings. The van der Waals surface area contributed by atoms with Crippen LogP contribution in [0.3, 0.4) is 0 Å². The van der Waals surface area contributed by atoms with E-state index >= 15 is 0 Å². The van der Waals surface area contributed by atoms with Crippen LogP contribution in [-0.4, -0.2) is 42.2 Å². The van der Waals surface area contributed by atoms with Crippen molar-refractivity contribution in [1.29, 1.82) is 0 Å². The number of carbonyl (C=O) groups excluding carboxylic acids is 2. The standard InChI is InChI=1S/C15H19N5O4/c1-9(18-13(22)8-17-12(21)7-16)15-19-14(20-24-15)10-4-3-5-11(6-10)23-2/h3-6,9H,7-8,16H2,1-2H3,(H,17,21)(H,18,22).